The Labute approximate surface area is 92.4 Å². The quantitative estimate of drug-likeness (QED) is 0.343. The molecule has 0 aromatic heterocycles. The van der Waals surface area contributed by atoms with Gasteiger partial charge in [-0.25, -0.2) is 0 Å². The maximum absolute atomic E-state index is 4.27. The van der Waals surface area contributed by atoms with E-state index in [0.29, 0.717) is 10.1 Å². The van der Waals surface area contributed by atoms with E-state index >= 15 is 0 Å². The number of alkyl halides is 1. The van der Waals surface area contributed by atoms with Crippen molar-refractivity contribution in [1.29, 1.82) is 0 Å². The van der Waals surface area contributed by atoms with Crippen LogP contribution in [-0.2, 0) is 0 Å². The fraction of sp³-hybridized carbons (Fsp3) is 0.222. The lowest BCUT2D eigenvalue weighted by Gasteiger charge is -2.14. The first-order valence-electron chi connectivity index (χ1n) is 4.26. The van der Waals surface area contributed by atoms with Crippen LogP contribution >= 0.6 is 22.6 Å². The largest absolute Gasteiger partial charge is 0.367 e. The second-order valence-corrected chi connectivity index (χ2v) is 4.48. The Hall–Kier alpha value is -0.515. The minimum absolute atomic E-state index is 0.320. The maximum Gasteiger partial charge on any atom is 0.139 e. The molecular weight excluding hydrogens is 274 g/mol. The van der Waals surface area contributed by atoms with Crippen LogP contribution in [-0.4, -0.2) is 18.2 Å². The minimum Gasteiger partial charge on any atom is -0.367 e. The SMILES string of the molecule is Bc1ccc(C2NC=N[C@@H]2I)cc1. The first-order chi connectivity index (χ1) is 6.27. The zero-order chi connectivity index (χ0) is 9.26. The molecule has 0 radical (unpaired) electrons. The summed E-state index contributed by atoms with van der Waals surface area (Å²) in [6.45, 7) is 0. The molecule has 66 valence electrons. The Morgan fingerprint density at radius 3 is 2.54 bits per heavy atom. The summed E-state index contributed by atoms with van der Waals surface area (Å²) in [6, 6.07) is 8.94. The number of hydrogen-bond acceptors (Lipinski definition) is 2. The molecule has 0 saturated carbocycles. The summed E-state index contributed by atoms with van der Waals surface area (Å²) in [5.41, 5.74) is 2.61. The molecule has 1 aliphatic rings. The van der Waals surface area contributed by atoms with Crippen molar-refractivity contribution in [2.75, 3.05) is 0 Å². The molecule has 13 heavy (non-hydrogen) atoms. The van der Waals surface area contributed by atoms with E-state index in [1.807, 2.05) is 0 Å². The predicted octanol–water partition coefficient (Wildman–Crippen LogP) is 0.379. The number of aliphatic imine (C=N–C) groups is 1. The van der Waals surface area contributed by atoms with Crippen molar-refractivity contribution in [2.24, 2.45) is 4.99 Å². The number of nitrogens with zero attached hydrogens (tertiary/aromatic N) is 1. The minimum atomic E-state index is 0.320. The van der Waals surface area contributed by atoms with Gasteiger partial charge in [-0.05, 0) is 5.56 Å². The molecule has 0 bridgehead atoms. The summed E-state index contributed by atoms with van der Waals surface area (Å²) < 4.78 is 0.320. The molecule has 1 aliphatic heterocycles. The van der Waals surface area contributed by atoms with Gasteiger partial charge in [-0.15, -0.1) is 0 Å². The van der Waals surface area contributed by atoms with Gasteiger partial charge in [-0.2, -0.15) is 0 Å². The summed E-state index contributed by atoms with van der Waals surface area (Å²) in [5.74, 6) is 0. The van der Waals surface area contributed by atoms with Crippen molar-refractivity contribution in [2.45, 2.75) is 10.1 Å². The normalized spacial score (nSPS) is 25.9. The average molecular weight is 284 g/mol. The molecule has 2 atom stereocenters. The van der Waals surface area contributed by atoms with Crippen LogP contribution in [0, 0.1) is 0 Å². The highest BCUT2D eigenvalue weighted by atomic mass is 127. The lowest BCUT2D eigenvalue weighted by molar-refractivity contribution is 0.695. The van der Waals surface area contributed by atoms with Crippen LogP contribution in [0.15, 0.2) is 29.3 Å². The van der Waals surface area contributed by atoms with Crippen molar-refractivity contribution in [3.63, 3.8) is 0 Å². The van der Waals surface area contributed by atoms with Crippen molar-refractivity contribution in [1.82, 2.24) is 5.32 Å². The van der Waals surface area contributed by atoms with Gasteiger partial charge < -0.3 is 5.32 Å². The molecule has 0 spiro atoms. The first kappa shape index (κ1) is 9.06. The van der Waals surface area contributed by atoms with Gasteiger partial charge in [0, 0.05) is 0 Å². The predicted molar refractivity (Wildman–Crippen MR) is 66.8 cm³/mol. The monoisotopic (exact) mass is 284 g/mol. The number of benzene rings is 1. The summed E-state index contributed by atoms with van der Waals surface area (Å²) in [5, 5.41) is 3.24. The van der Waals surface area contributed by atoms with Gasteiger partial charge in [0.05, 0.1) is 12.4 Å². The van der Waals surface area contributed by atoms with Gasteiger partial charge in [-0.1, -0.05) is 52.3 Å². The third kappa shape index (κ3) is 1.87. The van der Waals surface area contributed by atoms with E-state index < -0.39 is 0 Å². The first-order valence-corrected chi connectivity index (χ1v) is 5.50. The molecule has 1 aromatic carbocycles. The van der Waals surface area contributed by atoms with Gasteiger partial charge in [0.15, 0.2) is 0 Å². The van der Waals surface area contributed by atoms with Gasteiger partial charge in [-0.3, -0.25) is 4.99 Å². The highest BCUT2D eigenvalue weighted by molar-refractivity contribution is 14.1. The molecule has 0 saturated heterocycles. The fourth-order valence-corrected chi connectivity index (χ4v) is 2.17. The van der Waals surface area contributed by atoms with E-state index in [1.54, 1.807) is 6.34 Å². The molecule has 0 aliphatic carbocycles. The lowest BCUT2D eigenvalue weighted by atomic mass is 9.94. The van der Waals surface area contributed by atoms with Crippen LogP contribution in [0.4, 0.5) is 0 Å². The zero-order valence-corrected chi connectivity index (χ0v) is 9.52. The molecule has 0 fully saturated rings. The Morgan fingerprint density at radius 2 is 2.00 bits per heavy atom. The highest BCUT2D eigenvalue weighted by Gasteiger charge is 2.21. The topological polar surface area (TPSA) is 24.4 Å². The Balaban J connectivity index is 2.21. The number of rotatable bonds is 1. The molecule has 2 rings (SSSR count). The maximum atomic E-state index is 4.27. The van der Waals surface area contributed by atoms with Gasteiger partial charge in [0.1, 0.15) is 11.9 Å². The third-order valence-corrected chi connectivity index (χ3v) is 3.22. The second-order valence-electron chi connectivity index (χ2n) is 3.21. The molecule has 1 unspecified atom stereocenters. The van der Waals surface area contributed by atoms with E-state index in [4.69, 9.17) is 0 Å². The third-order valence-electron chi connectivity index (χ3n) is 2.18. The average Bonchev–Trinajstić information content (AvgIpc) is 2.53. The van der Waals surface area contributed by atoms with E-state index in [0.717, 1.165) is 0 Å². The highest BCUT2D eigenvalue weighted by Crippen LogP contribution is 2.25. The summed E-state index contributed by atoms with van der Waals surface area (Å²) >= 11 is 2.35. The van der Waals surface area contributed by atoms with Crippen LogP contribution in [0.3, 0.4) is 0 Å². The van der Waals surface area contributed by atoms with E-state index in [2.05, 4.69) is 65.0 Å². The van der Waals surface area contributed by atoms with Crippen LogP contribution in [0.2, 0.25) is 0 Å². The van der Waals surface area contributed by atoms with Crippen molar-refractivity contribution < 1.29 is 0 Å². The van der Waals surface area contributed by atoms with Crippen LogP contribution in [0.25, 0.3) is 0 Å². The number of halogens is 1. The van der Waals surface area contributed by atoms with Crippen molar-refractivity contribution in [3.8, 4) is 0 Å². The zero-order valence-electron chi connectivity index (χ0n) is 7.37. The molecular formula is C9H10BIN2. The summed E-state index contributed by atoms with van der Waals surface area (Å²) in [7, 11) is 2.10. The van der Waals surface area contributed by atoms with E-state index in [9.17, 15) is 0 Å². The van der Waals surface area contributed by atoms with Gasteiger partial charge in [0.2, 0.25) is 0 Å². The van der Waals surface area contributed by atoms with Crippen LogP contribution < -0.4 is 10.8 Å². The van der Waals surface area contributed by atoms with Crippen molar-refractivity contribution in [3.05, 3.63) is 29.8 Å². The van der Waals surface area contributed by atoms with Gasteiger partial charge >= 0.3 is 0 Å². The van der Waals surface area contributed by atoms with Gasteiger partial charge in [0.25, 0.3) is 0 Å². The Bertz CT molecular complexity index is 323. The Kier molecular flexibility index (Phi) is 2.57. The standard InChI is InChI=1S/C9H10BIN2/c10-7-3-1-6(2-4-7)8-9(11)13-5-12-8/h1-5,8-9H,10H2,(H,12,13)/t8?,9-/m0/s1. The molecule has 1 N–H and O–H groups in total. The fourth-order valence-electron chi connectivity index (χ4n) is 1.39. The van der Waals surface area contributed by atoms with Crippen LogP contribution in [0.1, 0.15) is 11.6 Å². The smallest absolute Gasteiger partial charge is 0.139 e. The Morgan fingerprint density at radius 1 is 1.31 bits per heavy atom. The van der Waals surface area contributed by atoms with E-state index in [1.165, 1.54) is 11.0 Å². The van der Waals surface area contributed by atoms with Crippen LogP contribution in [0.5, 0.6) is 0 Å². The number of hydrogen-bond donors (Lipinski definition) is 1. The summed E-state index contributed by atoms with van der Waals surface area (Å²) in [4.78, 5) is 4.27. The second kappa shape index (κ2) is 3.70. The van der Waals surface area contributed by atoms with Crippen molar-refractivity contribution >= 4 is 42.2 Å². The molecule has 4 heteroatoms. The molecule has 0 amide bonds. The molecule has 1 heterocycles. The number of nitrogens with one attached hydrogen (secondary N) is 1. The summed E-state index contributed by atoms with van der Waals surface area (Å²) in [6.07, 6.45) is 1.79. The van der Waals surface area contributed by atoms with E-state index in [-0.39, 0.29) is 0 Å². The lowest BCUT2D eigenvalue weighted by Crippen LogP contribution is -2.19. The molecule has 1 aromatic rings. The molecule has 2 nitrogen and oxygen atoms in total.